The molecule has 1 aromatic heterocycles. The van der Waals surface area contributed by atoms with Crippen LogP contribution < -0.4 is 5.32 Å². The molecule has 1 heterocycles. The first-order chi connectivity index (χ1) is 12.5. The highest BCUT2D eigenvalue weighted by Crippen LogP contribution is 2.17. The number of carbonyl (C=O) groups is 2. The number of nitrogens with one attached hydrogen (secondary N) is 1. The van der Waals surface area contributed by atoms with Crippen molar-refractivity contribution < 1.29 is 14.3 Å². The van der Waals surface area contributed by atoms with Crippen LogP contribution in [-0.2, 0) is 16.1 Å². The lowest BCUT2D eigenvalue weighted by Crippen LogP contribution is -2.30. The van der Waals surface area contributed by atoms with Crippen LogP contribution in [0.15, 0.2) is 42.5 Å². The Morgan fingerprint density at radius 3 is 2.81 bits per heavy atom. The first-order valence-electron chi connectivity index (χ1n) is 8.08. The van der Waals surface area contributed by atoms with E-state index in [4.69, 9.17) is 16.3 Å². The molecule has 1 N–H and O–H groups in total. The van der Waals surface area contributed by atoms with Gasteiger partial charge in [0.1, 0.15) is 5.52 Å². The van der Waals surface area contributed by atoms with E-state index in [-0.39, 0.29) is 0 Å². The van der Waals surface area contributed by atoms with Crippen LogP contribution in [0.2, 0.25) is 5.02 Å². The van der Waals surface area contributed by atoms with Crippen molar-refractivity contribution in [3.05, 3.63) is 53.1 Å². The summed E-state index contributed by atoms with van der Waals surface area (Å²) in [5, 5.41) is 11.2. The van der Waals surface area contributed by atoms with Crippen molar-refractivity contribution in [2.24, 2.45) is 0 Å². The van der Waals surface area contributed by atoms with Crippen LogP contribution in [-0.4, -0.2) is 33.0 Å². The molecule has 0 aliphatic heterocycles. The summed E-state index contributed by atoms with van der Waals surface area (Å²) in [7, 11) is 0. The van der Waals surface area contributed by atoms with E-state index in [0.29, 0.717) is 28.3 Å². The molecule has 0 aliphatic rings. The van der Waals surface area contributed by atoms with Gasteiger partial charge in [-0.25, -0.2) is 9.48 Å². The molecule has 2 aromatic carbocycles. The number of amides is 1. The van der Waals surface area contributed by atoms with E-state index in [1.165, 1.54) is 6.92 Å². The molecule has 26 heavy (non-hydrogen) atoms. The molecular formula is C18H17ClN4O3. The minimum Gasteiger partial charge on any atom is -0.449 e. The van der Waals surface area contributed by atoms with Crippen molar-refractivity contribution in [3.63, 3.8) is 0 Å². The maximum Gasteiger partial charge on any atom is 0.338 e. The van der Waals surface area contributed by atoms with E-state index in [1.54, 1.807) is 47.1 Å². The van der Waals surface area contributed by atoms with Crippen LogP contribution in [0.4, 0.5) is 5.69 Å². The van der Waals surface area contributed by atoms with Gasteiger partial charge in [0.25, 0.3) is 5.91 Å². The molecule has 0 unspecified atom stereocenters. The highest BCUT2D eigenvalue weighted by atomic mass is 35.5. The van der Waals surface area contributed by atoms with Gasteiger partial charge in [-0.3, -0.25) is 4.79 Å². The van der Waals surface area contributed by atoms with Crippen molar-refractivity contribution in [2.45, 2.75) is 26.5 Å². The SMILES string of the molecule is CCn1nnc2cc(C(=O)O[C@@H](C)C(=O)Nc3cccc(Cl)c3)ccc21. The highest BCUT2D eigenvalue weighted by Gasteiger charge is 2.20. The van der Waals surface area contributed by atoms with E-state index in [9.17, 15) is 9.59 Å². The van der Waals surface area contributed by atoms with Gasteiger partial charge in [-0.2, -0.15) is 0 Å². The Labute approximate surface area is 154 Å². The van der Waals surface area contributed by atoms with Gasteiger partial charge >= 0.3 is 5.97 Å². The summed E-state index contributed by atoms with van der Waals surface area (Å²) in [5.41, 5.74) is 2.26. The molecular weight excluding hydrogens is 356 g/mol. The number of halogens is 1. The third-order valence-corrected chi connectivity index (χ3v) is 4.03. The van der Waals surface area contributed by atoms with Crippen molar-refractivity contribution >= 4 is 40.2 Å². The standard InChI is InChI=1S/C18H17ClN4O3/c1-3-23-16-8-7-12(9-15(16)21-22-23)18(25)26-11(2)17(24)20-14-6-4-5-13(19)10-14/h4-11H,3H2,1-2H3,(H,20,24)/t11-/m0/s1. The second kappa shape index (κ2) is 7.53. The van der Waals surface area contributed by atoms with Gasteiger partial charge in [-0.15, -0.1) is 5.10 Å². The number of nitrogens with zero attached hydrogens (tertiary/aromatic N) is 3. The summed E-state index contributed by atoms with van der Waals surface area (Å²) < 4.78 is 6.97. The van der Waals surface area contributed by atoms with Crippen LogP contribution in [0.25, 0.3) is 11.0 Å². The Morgan fingerprint density at radius 1 is 1.27 bits per heavy atom. The number of rotatable bonds is 5. The lowest BCUT2D eigenvalue weighted by atomic mass is 10.2. The summed E-state index contributed by atoms with van der Waals surface area (Å²) in [6.07, 6.45) is -0.969. The fourth-order valence-electron chi connectivity index (χ4n) is 2.42. The molecule has 0 saturated heterocycles. The van der Waals surface area contributed by atoms with Crippen molar-refractivity contribution in [1.29, 1.82) is 0 Å². The lowest BCUT2D eigenvalue weighted by molar-refractivity contribution is -0.123. The number of fused-ring (bicyclic) bond motifs is 1. The zero-order valence-corrected chi connectivity index (χ0v) is 15.0. The molecule has 8 heteroatoms. The third kappa shape index (κ3) is 3.83. The van der Waals surface area contributed by atoms with Crippen LogP contribution in [0.3, 0.4) is 0 Å². The maximum atomic E-state index is 12.3. The number of carbonyl (C=O) groups excluding carboxylic acids is 2. The van der Waals surface area contributed by atoms with Gasteiger partial charge in [0.2, 0.25) is 0 Å². The molecule has 0 fully saturated rings. The smallest absolute Gasteiger partial charge is 0.338 e. The van der Waals surface area contributed by atoms with Crippen molar-refractivity contribution in [2.75, 3.05) is 5.32 Å². The minimum absolute atomic E-state index is 0.308. The summed E-state index contributed by atoms with van der Waals surface area (Å²) >= 11 is 5.88. The lowest BCUT2D eigenvalue weighted by Gasteiger charge is -2.13. The number of hydrogen-bond acceptors (Lipinski definition) is 5. The topological polar surface area (TPSA) is 86.1 Å². The molecule has 0 spiro atoms. The fraction of sp³-hybridized carbons (Fsp3) is 0.222. The van der Waals surface area contributed by atoms with Crippen LogP contribution in [0.1, 0.15) is 24.2 Å². The van der Waals surface area contributed by atoms with E-state index in [0.717, 1.165) is 5.52 Å². The molecule has 0 aliphatic carbocycles. The molecule has 0 saturated carbocycles. The molecule has 3 rings (SSSR count). The first kappa shape index (κ1) is 17.9. The molecule has 134 valence electrons. The predicted molar refractivity (Wildman–Crippen MR) is 98.2 cm³/mol. The van der Waals surface area contributed by atoms with Crippen molar-refractivity contribution in [3.8, 4) is 0 Å². The summed E-state index contributed by atoms with van der Waals surface area (Å²) in [5.74, 6) is -1.05. The van der Waals surface area contributed by atoms with Crippen LogP contribution >= 0.6 is 11.6 Å². The van der Waals surface area contributed by atoms with Crippen LogP contribution in [0, 0.1) is 0 Å². The Hall–Kier alpha value is -2.93. The molecule has 0 radical (unpaired) electrons. The average Bonchev–Trinajstić information content (AvgIpc) is 3.03. The Morgan fingerprint density at radius 2 is 2.08 bits per heavy atom. The number of hydrogen-bond donors (Lipinski definition) is 1. The van der Waals surface area contributed by atoms with E-state index < -0.39 is 18.0 Å². The number of aryl methyl sites for hydroxylation is 1. The second-order valence-electron chi connectivity index (χ2n) is 5.66. The predicted octanol–water partition coefficient (Wildman–Crippen LogP) is 3.29. The summed E-state index contributed by atoms with van der Waals surface area (Å²) in [6.45, 7) is 4.14. The highest BCUT2D eigenvalue weighted by molar-refractivity contribution is 6.30. The van der Waals surface area contributed by atoms with E-state index in [2.05, 4.69) is 15.6 Å². The minimum atomic E-state index is -0.969. The van der Waals surface area contributed by atoms with Gasteiger partial charge in [-0.05, 0) is 50.2 Å². The molecule has 0 bridgehead atoms. The van der Waals surface area contributed by atoms with Gasteiger partial charge in [0.15, 0.2) is 6.10 Å². The number of anilines is 1. The fourth-order valence-corrected chi connectivity index (χ4v) is 2.62. The number of benzene rings is 2. The van der Waals surface area contributed by atoms with Crippen molar-refractivity contribution in [1.82, 2.24) is 15.0 Å². The zero-order chi connectivity index (χ0) is 18.7. The molecule has 7 nitrogen and oxygen atoms in total. The summed E-state index contributed by atoms with van der Waals surface area (Å²) in [6, 6.07) is 11.7. The Kier molecular flexibility index (Phi) is 5.18. The molecule has 3 aromatic rings. The summed E-state index contributed by atoms with van der Waals surface area (Å²) in [4.78, 5) is 24.5. The second-order valence-corrected chi connectivity index (χ2v) is 6.09. The average molecular weight is 373 g/mol. The third-order valence-electron chi connectivity index (χ3n) is 3.79. The quantitative estimate of drug-likeness (QED) is 0.694. The maximum absolute atomic E-state index is 12.3. The normalized spacial score (nSPS) is 12.0. The van der Waals surface area contributed by atoms with Gasteiger partial charge < -0.3 is 10.1 Å². The van der Waals surface area contributed by atoms with Gasteiger partial charge in [-0.1, -0.05) is 22.9 Å². The molecule has 1 atom stereocenters. The molecule has 1 amide bonds. The number of aromatic nitrogens is 3. The number of esters is 1. The zero-order valence-electron chi connectivity index (χ0n) is 14.3. The van der Waals surface area contributed by atoms with Crippen LogP contribution in [0.5, 0.6) is 0 Å². The number of ether oxygens (including phenoxy) is 1. The van der Waals surface area contributed by atoms with E-state index >= 15 is 0 Å². The largest absolute Gasteiger partial charge is 0.449 e. The van der Waals surface area contributed by atoms with E-state index in [1.807, 2.05) is 6.92 Å². The van der Waals surface area contributed by atoms with Gasteiger partial charge in [0.05, 0.1) is 11.1 Å². The first-order valence-corrected chi connectivity index (χ1v) is 8.46. The Bertz CT molecular complexity index is 970. The monoisotopic (exact) mass is 372 g/mol. The van der Waals surface area contributed by atoms with Gasteiger partial charge in [0, 0.05) is 17.3 Å². The Balaban J connectivity index is 1.67.